The summed E-state index contributed by atoms with van der Waals surface area (Å²) in [5, 5.41) is 9.51. The molecule has 4 atom stereocenters. The maximum Gasteiger partial charge on any atom is 0.192 e. The topological polar surface area (TPSA) is 38.7 Å². The Morgan fingerprint density at radius 3 is 2.42 bits per heavy atom. The first-order chi connectivity index (χ1) is 12.0. The predicted octanol–water partition coefficient (Wildman–Crippen LogP) is 5.94. The molecule has 0 unspecified atom stereocenters. The number of hydrogen-bond donors (Lipinski definition) is 1. The van der Waals surface area contributed by atoms with Crippen LogP contribution in [0.5, 0.6) is 0 Å². The Hall–Kier alpha value is -0.163. The van der Waals surface area contributed by atoms with E-state index in [4.69, 9.17) is 9.16 Å². The van der Waals surface area contributed by atoms with Gasteiger partial charge in [-0.3, -0.25) is 0 Å². The fraction of sp³-hybridized carbons (Fsp3) is 0.909. The molecule has 1 fully saturated rings. The van der Waals surface area contributed by atoms with E-state index in [1.807, 2.05) is 0 Å². The monoisotopic (exact) mass is 384 g/mol. The largest absolute Gasteiger partial charge is 0.410 e. The molecule has 1 saturated heterocycles. The molecule has 0 aromatic heterocycles. The first-order valence-corrected chi connectivity index (χ1v) is 13.5. The summed E-state index contributed by atoms with van der Waals surface area (Å²) in [5.74, 6) is 1.20. The van der Waals surface area contributed by atoms with Crippen molar-refractivity contribution in [2.45, 2.75) is 110 Å². The minimum absolute atomic E-state index is 0.128. The lowest BCUT2D eigenvalue weighted by molar-refractivity contribution is -0.0964. The molecule has 0 bridgehead atoms. The first-order valence-electron chi connectivity index (χ1n) is 10.6. The molecular weight excluding hydrogens is 340 g/mol. The lowest BCUT2D eigenvalue weighted by Crippen LogP contribution is -2.45. The lowest BCUT2D eigenvalue weighted by Gasteiger charge is -2.41. The van der Waals surface area contributed by atoms with Crippen molar-refractivity contribution in [2.75, 3.05) is 6.61 Å². The third-order valence-corrected chi connectivity index (χ3v) is 10.6. The van der Waals surface area contributed by atoms with Crippen LogP contribution < -0.4 is 0 Å². The number of allylic oxidation sites excluding steroid dienone is 1. The molecule has 0 aliphatic carbocycles. The third kappa shape index (κ3) is 7.83. The molecule has 0 spiro atoms. The maximum atomic E-state index is 9.30. The molecule has 1 N–H and O–H groups in total. The molecule has 0 amide bonds. The van der Waals surface area contributed by atoms with Crippen LogP contribution in [0, 0.1) is 11.8 Å². The molecule has 0 aromatic carbocycles. The summed E-state index contributed by atoms with van der Waals surface area (Å²) in [4.78, 5) is 0. The van der Waals surface area contributed by atoms with Gasteiger partial charge in [0.1, 0.15) is 0 Å². The van der Waals surface area contributed by atoms with E-state index in [0.29, 0.717) is 11.8 Å². The van der Waals surface area contributed by atoms with E-state index < -0.39 is 8.32 Å². The van der Waals surface area contributed by atoms with Gasteiger partial charge < -0.3 is 14.3 Å². The third-order valence-electron chi connectivity index (χ3n) is 6.07. The van der Waals surface area contributed by atoms with Crippen molar-refractivity contribution in [3.8, 4) is 0 Å². The maximum absolute atomic E-state index is 9.30. The van der Waals surface area contributed by atoms with Crippen LogP contribution in [-0.2, 0) is 9.16 Å². The van der Waals surface area contributed by atoms with Crippen molar-refractivity contribution in [1.82, 2.24) is 0 Å². The van der Waals surface area contributed by atoms with Crippen LogP contribution in [0.25, 0.3) is 0 Å². The summed E-state index contributed by atoms with van der Waals surface area (Å²) in [6.07, 6.45) is 10.2. The smallest absolute Gasteiger partial charge is 0.192 e. The number of rotatable bonds is 9. The summed E-state index contributed by atoms with van der Waals surface area (Å²) in [6.45, 7) is 18.5. The van der Waals surface area contributed by atoms with Gasteiger partial charge in [-0.15, -0.1) is 0 Å². The zero-order valence-electron chi connectivity index (χ0n) is 18.5. The fourth-order valence-corrected chi connectivity index (χ4v) is 4.51. The van der Waals surface area contributed by atoms with Gasteiger partial charge in [0.2, 0.25) is 0 Å². The SMILES string of the molecule is CC(C)C/C=C/[C@@H](C[C@@H]1CC[C@H](C)[C@@H](CCO)O1)O[Si](C)(C)C(C)(C)C. The molecule has 26 heavy (non-hydrogen) atoms. The molecule has 0 aromatic rings. The Morgan fingerprint density at radius 1 is 1.23 bits per heavy atom. The average molecular weight is 385 g/mol. The summed E-state index contributed by atoms with van der Waals surface area (Å²) in [7, 11) is -1.82. The standard InChI is InChI=1S/C22H44O3Si/c1-17(2)10-9-11-20(25-26(7,8)22(4,5)6)16-19-13-12-18(3)21(24-19)14-15-23/h9,11,17-21,23H,10,12-16H2,1-8H3/b11-9+/t18-,19-,20-,21+/m0/s1. The summed E-state index contributed by atoms with van der Waals surface area (Å²) < 4.78 is 13.1. The molecule has 1 heterocycles. The van der Waals surface area contributed by atoms with Gasteiger partial charge in [-0.25, -0.2) is 0 Å². The highest BCUT2D eigenvalue weighted by Gasteiger charge is 2.39. The van der Waals surface area contributed by atoms with Gasteiger partial charge in [-0.05, 0) is 55.7 Å². The van der Waals surface area contributed by atoms with Crippen LogP contribution in [0.15, 0.2) is 12.2 Å². The minimum Gasteiger partial charge on any atom is -0.410 e. The number of ether oxygens (including phenoxy) is 1. The van der Waals surface area contributed by atoms with Crippen molar-refractivity contribution in [3.63, 3.8) is 0 Å². The molecule has 1 aliphatic rings. The predicted molar refractivity (Wildman–Crippen MR) is 114 cm³/mol. The van der Waals surface area contributed by atoms with E-state index in [1.165, 1.54) is 6.42 Å². The van der Waals surface area contributed by atoms with Crippen molar-refractivity contribution in [2.24, 2.45) is 11.8 Å². The molecule has 1 rings (SSSR count). The second kappa shape index (κ2) is 10.4. The van der Waals surface area contributed by atoms with Crippen molar-refractivity contribution in [3.05, 3.63) is 12.2 Å². The van der Waals surface area contributed by atoms with Gasteiger partial charge in [0.15, 0.2) is 8.32 Å². The van der Waals surface area contributed by atoms with Gasteiger partial charge >= 0.3 is 0 Å². The second-order valence-corrected chi connectivity index (χ2v) is 14.8. The van der Waals surface area contributed by atoms with E-state index in [-0.39, 0.29) is 30.0 Å². The Kier molecular flexibility index (Phi) is 9.55. The van der Waals surface area contributed by atoms with Crippen LogP contribution in [0.1, 0.15) is 73.6 Å². The van der Waals surface area contributed by atoms with E-state index in [2.05, 4.69) is 66.8 Å². The number of aliphatic hydroxyl groups is 1. The van der Waals surface area contributed by atoms with Crippen molar-refractivity contribution >= 4 is 8.32 Å². The lowest BCUT2D eigenvalue weighted by atomic mass is 9.90. The van der Waals surface area contributed by atoms with Crippen molar-refractivity contribution < 1.29 is 14.3 Å². The van der Waals surface area contributed by atoms with Crippen LogP contribution in [-0.4, -0.2) is 38.3 Å². The van der Waals surface area contributed by atoms with E-state index in [9.17, 15) is 5.11 Å². The van der Waals surface area contributed by atoms with E-state index in [0.717, 1.165) is 25.7 Å². The zero-order valence-corrected chi connectivity index (χ0v) is 19.5. The number of aliphatic hydroxyl groups excluding tert-OH is 1. The van der Waals surface area contributed by atoms with Gasteiger partial charge in [0.05, 0.1) is 18.3 Å². The summed E-state index contributed by atoms with van der Waals surface area (Å²) in [6, 6.07) is 0. The highest BCUT2D eigenvalue weighted by molar-refractivity contribution is 6.74. The Morgan fingerprint density at radius 2 is 1.88 bits per heavy atom. The molecule has 154 valence electrons. The molecule has 4 heteroatoms. The van der Waals surface area contributed by atoms with Crippen molar-refractivity contribution in [1.29, 1.82) is 0 Å². The van der Waals surface area contributed by atoms with Crippen LogP contribution in [0.4, 0.5) is 0 Å². The zero-order chi connectivity index (χ0) is 20.0. The van der Waals surface area contributed by atoms with Crippen LogP contribution in [0.3, 0.4) is 0 Å². The van der Waals surface area contributed by atoms with Gasteiger partial charge in [-0.2, -0.15) is 0 Å². The highest BCUT2D eigenvalue weighted by atomic mass is 28.4. The molecule has 0 saturated carbocycles. The van der Waals surface area contributed by atoms with Gasteiger partial charge in [0, 0.05) is 13.0 Å². The second-order valence-electron chi connectivity index (χ2n) is 10.1. The van der Waals surface area contributed by atoms with Crippen LogP contribution in [0.2, 0.25) is 18.1 Å². The van der Waals surface area contributed by atoms with Gasteiger partial charge in [0.25, 0.3) is 0 Å². The first kappa shape index (κ1) is 23.9. The normalized spacial score (nSPS) is 26.6. The Bertz CT molecular complexity index is 426. The number of hydrogen-bond acceptors (Lipinski definition) is 3. The molecule has 3 nitrogen and oxygen atoms in total. The Labute approximate surface area is 163 Å². The summed E-state index contributed by atoms with van der Waals surface area (Å²) in [5.41, 5.74) is 0. The van der Waals surface area contributed by atoms with Gasteiger partial charge in [-0.1, -0.05) is 53.7 Å². The van der Waals surface area contributed by atoms with E-state index >= 15 is 0 Å². The van der Waals surface area contributed by atoms with E-state index in [1.54, 1.807) is 0 Å². The Balaban J connectivity index is 2.80. The van der Waals surface area contributed by atoms with Crippen LogP contribution >= 0.6 is 0 Å². The quantitative estimate of drug-likeness (QED) is 0.395. The molecule has 1 aliphatic heterocycles. The molecular formula is C22H44O3Si. The highest BCUT2D eigenvalue weighted by Crippen LogP contribution is 2.38. The fourth-order valence-electron chi connectivity index (χ4n) is 3.22. The summed E-state index contributed by atoms with van der Waals surface area (Å²) >= 11 is 0. The molecule has 0 radical (unpaired) electrons. The minimum atomic E-state index is -1.82. The average Bonchev–Trinajstić information content (AvgIpc) is 2.49.